The molecule has 2 nitrogen and oxygen atoms in total. The zero-order chi connectivity index (χ0) is 14.9. The molecule has 0 saturated heterocycles. The Kier molecular flexibility index (Phi) is 3.84. The van der Waals surface area contributed by atoms with Gasteiger partial charge in [0.25, 0.3) is 5.56 Å². The third kappa shape index (κ3) is 2.29. The summed E-state index contributed by atoms with van der Waals surface area (Å²) >= 11 is 0. The molecule has 4 heteroatoms. The number of benzene rings is 2. The summed E-state index contributed by atoms with van der Waals surface area (Å²) in [6, 6.07) is 6.79. The maximum absolute atomic E-state index is 13.6. The first-order valence-corrected chi connectivity index (χ1v) is 6.47. The number of nitrogens with one attached hydrogen (secondary N) is 1. The highest BCUT2D eigenvalue weighted by Gasteiger charge is 2.09. The fourth-order valence-electron chi connectivity index (χ4n) is 2.13. The van der Waals surface area contributed by atoms with E-state index >= 15 is 0 Å². The highest BCUT2D eigenvalue weighted by atomic mass is 19.1. The highest BCUT2D eigenvalue weighted by Crippen LogP contribution is 2.24. The van der Waals surface area contributed by atoms with Crippen molar-refractivity contribution in [3.8, 4) is 0 Å². The van der Waals surface area contributed by atoms with E-state index in [1.54, 1.807) is 6.92 Å². The number of hydrogen-bond acceptors (Lipinski definition) is 1. The molecular weight excluding hydrogens is 260 g/mol. The molecule has 0 spiro atoms. The molecule has 3 aromatic rings. The van der Waals surface area contributed by atoms with Crippen molar-refractivity contribution in [1.82, 2.24) is 4.98 Å². The van der Waals surface area contributed by atoms with Gasteiger partial charge in [0.15, 0.2) is 0 Å². The van der Waals surface area contributed by atoms with E-state index in [-0.39, 0.29) is 5.56 Å². The van der Waals surface area contributed by atoms with Crippen LogP contribution in [0, 0.1) is 18.6 Å². The summed E-state index contributed by atoms with van der Waals surface area (Å²) in [4.78, 5) is 14.5. The van der Waals surface area contributed by atoms with E-state index in [2.05, 4.69) is 4.98 Å². The molecule has 104 valence electrons. The van der Waals surface area contributed by atoms with E-state index in [0.29, 0.717) is 27.2 Å². The standard InChI is InChI=1S/C14H9F2NO.C2H6/c1-7-4-11-9(6-12(7)16)10-5-8(15)2-3-13(10)17-14(11)18;1-2/h2-6H,1H3,(H,17,18);1-2H3. The molecule has 0 bridgehead atoms. The van der Waals surface area contributed by atoms with Gasteiger partial charge in [0, 0.05) is 16.3 Å². The van der Waals surface area contributed by atoms with Crippen molar-refractivity contribution in [1.29, 1.82) is 0 Å². The fourth-order valence-corrected chi connectivity index (χ4v) is 2.13. The Labute approximate surface area is 115 Å². The normalized spacial score (nSPS) is 10.4. The molecule has 3 rings (SSSR count). The zero-order valence-electron chi connectivity index (χ0n) is 11.6. The second kappa shape index (κ2) is 5.41. The average molecular weight is 275 g/mol. The number of aromatic nitrogens is 1. The molecule has 0 fully saturated rings. The van der Waals surface area contributed by atoms with Gasteiger partial charge in [0.1, 0.15) is 11.6 Å². The lowest BCUT2D eigenvalue weighted by atomic mass is 10.0. The first-order chi connectivity index (χ1) is 9.56. The van der Waals surface area contributed by atoms with E-state index in [1.165, 1.54) is 30.3 Å². The number of aryl methyl sites for hydroxylation is 1. The van der Waals surface area contributed by atoms with Crippen LogP contribution < -0.4 is 5.56 Å². The third-order valence-corrected chi connectivity index (χ3v) is 3.06. The summed E-state index contributed by atoms with van der Waals surface area (Å²) in [5.74, 6) is -0.824. The Morgan fingerprint density at radius 1 is 0.950 bits per heavy atom. The van der Waals surface area contributed by atoms with E-state index < -0.39 is 11.6 Å². The van der Waals surface area contributed by atoms with E-state index in [4.69, 9.17) is 0 Å². The summed E-state index contributed by atoms with van der Waals surface area (Å²) in [6.07, 6.45) is 0. The summed E-state index contributed by atoms with van der Waals surface area (Å²) in [6.45, 7) is 5.59. The van der Waals surface area contributed by atoms with Gasteiger partial charge >= 0.3 is 0 Å². The molecule has 0 amide bonds. The topological polar surface area (TPSA) is 32.9 Å². The van der Waals surface area contributed by atoms with Crippen molar-refractivity contribution < 1.29 is 8.78 Å². The minimum atomic E-state index is -0.420. The van der Waals surface area contributed by atoms with Gasteiger partial charge < -0.3 is 4.98 Å². The van der Waals surface area contributed by atoms with Crippen molar-refractivity contribution >= 4 is 21.7 Å². The SMILES string of the molecule is CC.Cc1cc2c(=O)[nH]c3ccc(F)cc3c2cc1F. The Hall–Kier alpha value is -2.23. The molecular formula is C16H15F2NO. The molecule has 1 N–H and O–H groups in total. The maximum Gasteiger partial charge on any atom is 0.256 e. The van der Waals surface area contributed by atoms with Crippen LogP contribution in [-0.2, 0) is 0 Å². The first-order valence-electron chi connectivity index (χ1n) is 6.47. The van der Waals surface area contributed by atoms with Gasteiger partial charge in [-0.2, -0.15) is 0 Å². The van der Waals surface area contributed by atoms with Crippen LogP contribution in [0.5, 0.6) is 0 Å². The summed E-state index contributed by atoms with van der Waals surface area (Å²) in [5.41, 5.74) is 0.591. The van der Waals surface area contributed by atoms with Crippen LogP contribution in [0.15, 0.2) is 35.1 Å². The lowest BCUT2D eigenvalue weighted by Crippen LogP contribution is -2.07. The van der Waals surface area contributed by atoms with Crippen molar-refractivity contribution in [2.75, 3.05) is 0 Å². The van der Waals surface area contributed by atoms with Crippen LogP contribution in [0.1, 0.15) is 19.4 Å². The monoisotopic (exact) mass is 275 g/mol. The van der Waals surface area contributed by atoms with Crippen LogP contribution in [0.25, 0.3) is 21.7 Å². The number of halogens is 2. The Morgan fingerprint density at radius 3 is 2.35 bits per heavy atom. The summed E-state index contributed by atoms with van der Waals surface area (Å²) in [7, 11) is 0. The van der Waals surface area contributed by atoms with Crippen molar-refractivity contribution in [2.45, 2.75) is 20.8 Å². The molecule has 1 aromatic heterocycles. The molecule has 1 heterocycles. The summed E-state index contributed by atoms with van der Waals surface area (Å²) < 4.78 is 26.9. The minimum absolute atomic E-state index is 0.299. The number of rotatable bonds is 0. The van der Waals surface area contributed by atoms with Crippen LogP contribution in [0.3, 0.4) is 0 Å². The second-order valence-electron chi connectivity index (χ2n) is 4.29. The van der Waals surface area contributed by atoms with E-state index in [0.717, 1.165) is 0 Å². The number of H-pyrrole nitrogens is 1. The van der Waals surface area contributed by atoms with Gasteiger partial charge in [0.2, 0.25) is 0 Å². The largest absolute Gasteiger partial charge is 0.321 e. The van der Waals surface area contributed by atoms with Crippen molar-refractivity contribution in [3.05, 3.63) is 57.9 Å². The van der Waals surface area contributed by atoms with Crippen molar-refractivity contribution in [3.63, 3.8) is 0 Å². The quantitative estimate of drug-likeness (QED) is 0.610. The molecule has 0 aliphatic carbocycles. The molecule has 0 radical (unpaired) electrons. The molecule has 0 atom stereocenters. The molecule has 0 saturated carbocycles. The van der Waals surface area contributed by atoms with Crippen LogP contribution in [-0.4, -0.2) is 4.98 Å². The molecule has 0 aliphatic heterocycles. The van der Waals surface area contributed by atoms with Gasteiger partial charge in [-0.05, 0) is 48.2 Å². The van der Waals surface area contributed by atoms with Crippen LogP contribution in [0.2, 0.25) is 0 Å². The predicted molar refractivity (Wildman–Crippen MR) is 78.1 cm³/mol. The number of aromatic amines is 1. The van der Waals surface area contributed by atoms with Crippen LogP contribution in [0.4, 0.5) is 8.78 Å². The van der Waals surface area contributed by atoms with Crippen molar-refractivity contribution in [2.24, 2.45) is 0 Å². The van der Waals surface area contributed by atoms with Crippen LogP contribution >= 0.6 is 0 Å². The molecule has 20 heavy (non-hydrogen) atoms. The Bertz CT molecular complexity index is 837. The van der Waals surface area contributed by atoms with E-state index in [9.17, 15) is 13.6 Å². The number of hydrogen-bond donors (Lipinski definition) is 1. The lowest BCUT2D eigenvalue weighted by molar-refractivity contribution is 0.620. The smallest absolute Gasteiger partial charge is 0.256 e. The van der Waals surface area contributed by atoms with Gasteiger partial charge in [0.05, 0.1) is 0 Å². The van der Waals surface area contributed by atoms with Gasteiger partial charge in [-0.1, -0.05) is 13.8 Å². The lowest BCUT2D eigenvalue weighted by Gasteiger charge is -2.05. The maximum atomic E-state index is 13.6. The fraction of sp³-hybridized carbons (Fsp3) is 0.188. The van der Waals surface area contributed by atoms with Gasteiger partial charge in [-0.25, -0.2) is 8.78 Å². The number of pyridine rings is 1. The van der Waals surface area contributed by atoms with Gasteiger partial charge in [-0.3, -0.25) is 4.79 Å². The zero-order valence-corrected chi connectivity index (χ0v) is 11.6. The minimum Gasteiger partial charge on any atom is -0.321 e. The van der Waals surface area contributed by atoms with E-state index in [1.807, 2.05) is 13.8 Å². The second-order valence-corrected chi connectivity index (χ2v) is 4.29. The molecule has 0 aliphatic rings. The third-order valence-electron chi connectivity index (χ3n) is 3.06. The Balaban J connectivity index is 0.000000704. The molecule has 0 unspecified atom stereocenters. The molecule has 2 aromatic carbocycles. The number of fused-ring (bicyclic) bond motifs is 3. The van der Waals surface area contributed by atoms with Gasteiger partial charge in [-0.15, -0.1) is 0 Å². The summed E-state index contributed by atoms with van der Waals surface area (Å²) in [5, 5.41) is 1.30. The Morgan fingerprint density at radius 2 is 1.65 bits per heavy atom. The first kappa shape index (κ1) is 14.2. The highest BCUT2D eigenvalue weighted by molar-refractivity contribution is 6.05. The average Bonchev–Trinajstić information content (AvgIpc) is 2.44. The predicted octanol–water partition coefficient (Wildman–Crippen LogP) is 4.29.